The van der Waals surface area contributed by atoms with Gasteiger partial charge in [-0.15, -0.1) is 0 Å². The van der Waals surface area contributed by atoms with E-state index in [1.807, 2.05) is 0 Å². The first-order chi connectivity index (χ1) is 9.97. The van der Waals surface area contributed by atoms with Crippen molar-refractivity contribution in [3.8, 4) is 0 Å². The van der Waals surface area contributed by atoms with Crippen molar-refractivity contribution < 1.29 is 22.2 Å². The molecule has 0 aromatic heterocycles. The Hall–Kier alpha value is -1.17. The number of fused-ring (bicyclic) bond motifs is 2. The Morgan fingerprint density at radius 3 is 2.10 bits per heavy atom. The van der Waals surface area contributed by atoms with Crippen LogP contribution >= 0.6 is 0 Å². The fraction of sp³-hybridized carbons (Fsp3) is 0.533. The summed E-state index contributed by atoms with van der Waals surface area (Å²) in [5.41, 5.74) is -0.660. The van der Waals surface area contributed by atoms with E-state index in [9.17, 15) is 22.2 Å². The molecule has 2 aliphatic rings. The third-order valence-corrected chi connectivity index (χ3v) is 6.60. The smallest absolute Gasteiger partial charge is 0.171 e. The molecule has 2 nitrogen and oxygen atoms in total. The lowest BCUT2D eigenvalue weighted by molar-refractivity contribution is 0.0886. The van der Waals surface area contributed by atoms with Crippen LogP contribution < -0.4 is 0 Å². The SMILES string of the molecule is O=C(c1c(F)cc(F)cc1F)C1CC2CCCC(C1)S2=O. The van der Waals surface area contributed by atoms with Gasteiger partial charge in [0.05, 0.1) is 5.56 Å². The highest BCUT2D eigenvalue weighted by Gasteiger charge is 2.41. The molecule has 1 aromatic rings. The van der Waals surface area contributed by atoms with E-state index in [1.54, 1.807) is 0 Å². The van der Waals surface area contributed by atoms with E-state index in [0.717, 1.165) is 19.3 Å². The lowest BCUT2D eigenvalue weighted by Gasteiger charge is -2.37. The summed E-state index contributed by atoms with van der Waals surface area (Å²) in [6.45, 7) is 0. The van der Waals surface area contributed by atoms with E-state index < -0.39 is 45.5 Å². The second-order valence-corrected chi connectivity index (χ2v) is 7.77. The number of halogens is 3. The monoisotopic (exact) mass is 316 g/mol. The van der Waals surface area contributed by atoms with Gasteiger partial charge in [0.2, 0.25) is 0 Å². The molecule has 1 aromatic carbocycles. The molecule has 0 N–H and O–H groups in total. The molecule has 2 fully saturated rings. The number of rotatable bonds is 2. The minimum atomic E-state index is -1.16. The first-order valence-electron chi connectivity index (χ1n) is 7.05. The lowest BCUT2D eigenvalue weighted by atomic mass is 9.84. The Bertz CT molecular complexity index is 578. The van der Waals surface area contributed by atoms with Crippen molar-refractivity contribution in [2.24, 2.45) is 5.92 Å². The van der Waals surface area contributed by atoms with Gasteiger partial charge in [0.1, 0.15) is 17.5 Å². The highest BCUT2D eigenvalue weighted by molar-refractivity contribution is 7.86. The standard InChI is InChI=1S/C15H15F3O2S/c16-9-6-12(17)14(13(18)7-9)15(19)8-4-10-2-1-3-11(5-8)21(10)20/h6-8,10-11H,1-5H2. The topological polar surface area (TPSA) is 34.1 Å². The predicted molar refractivity (Wildman–Crippen MR) is 72.9 cm³/mol. The van der Waals surface area contributed by atoms with Crippen molar-refractivity contribution >= 4 is 16.6 Å². The van der Waals surface area contributed by atoms with Gasteiger partial charge in [-0.3, -0.25) is 9.00 Å². The van der Waals surface area contributed by atoms with E-state index >= 15 is 0 Å². The molecule has 0 radical (unpaired) electrons. The fourth-order valence-corrected chi connectivity index (χ4v) is 5.62. The van der Waals surface area contributed by atoms with Gasteiger partial charge in [0.15, 0.2) is 5.78 Å². The number of hydrogen-bond acceptors (Lipinski definition) is 2. The molecule has 3 rings (SSSR count). The Morgan fingerprint density at radius 1 is 1.05 bits per heavy atom. The van der Waals surface area contributed by atoms with Crippen molar-refractivity contribution in [2.75, 3.05) is 0 Å². The molecule has 21 heavy (non-hydrogen) atoms. The summed E-state index contributed by atoms with van der Waals surface area (Å²) in [5, 5.41) is -0.115. The maximum Gasteiger partial charge on any atom is 0.171 e. The van der Waals surface area contributed by atoms with Gasteiger partial charge in [-0.1, -0.05) is 6.42 Å². The van der Waals surface area contributed by atoms with Crippen molar-refractivity contribution in [2.45, 2.75) is 42.6 Å². The maximum atomic E-state index is 13.7. The molecule has 2 saturated heterocycles. The number of Topliss-reactive ketones (excluding diaryl/α,β-unsaturated/α-hetero) is 1. The number of hydrogen-bond donors (Lipinski definition) is 0. The van der Waals surface area contributed by atoms with Crippen LogP contribution in [0.4, 0.5) is 13.2 Å². The number of ketones is 1. The minimum absolute atomic E-state index is 0.0574. The third kappa shape index (κ3) is 2.65. The molecule has 0 aliphatic carbocycles. The summed E-state index contributed by atoms with van der Waals surface area (Å²) in [5.74, 6) is -4.50. The predicted octanol–water partition coefficient (Wildman–Crippen LogP) is 3.37. The molecular weight excluding hydrogens is 301 g/mol. The Morgan fingerprint density at radius 2 is 1.57 bits per heavy atom. The molecule has 2 unspecified atom stereocenters. The van der Waals surface area contributed by atoms with Gasteiger partial charge >= 0.3 is 0 Å². The third-order valence-electron chi connectivity index (χ3n) is 4.43. The Kier molecular flexibility index (Phi) is 3.90. The Labute approximate surface area is 123 Å². The van der Waals surface area contributed by atoms with Crippen LogP contribution in [0.25, 0.3) is 0 Å². The van der Waals surface area contributed by atoms with Crippen molar-refractivity contribution in [3.63, 3.8) is 0 Å². The summed E-state index contributed by atoms with van der Waals surface area (Å²) in [4.78, 5) is 12.4. The van der Waals surface area contributed by atoms with E-state index in [2.05, 4.69) is 0 Å². The molecule has 114 valence electrons. The van der Waals surface area contributed by atoms with Gasteiger partial charge < -0.3 is 0 Å². The van der Waals surface area contributed by atoms with Crippen LogP contribution in [0.1, 0.15) is 42.5 Å². The Balaban J connectivity index is 1.88. The quantitative estimate of drug-likeness (QED) is 0.784. The van der Waals surface area contributed by atoms with Gasteiger partial charge in [-0.05, 0) is 25.7 Å². The van der Waals surface area contributed by atoms with Crippen molar-refractivity contribution in [1.29, 1.82) is 0 Å². The van der Waals surface area contributed by atoms with Crippen LogP contribution in [0.2, 0.25) is 0 Å². The second-order valence-electron chi connectivity index (χ2n) is 5.78. The zero-order valence-corrected chi connectivity index (χ0v) is 12.1. The first-order valence-corrected chi connectivity index (χ1v) is 8.33. The molecule has 2 bridgehead atoms. The van der Waals surface area contributed by atoms with Gasteiger partial charge in [-0.2, -0.15) is 0 Å². The zero-order chi connectivity index (χ0) is 15.1. The summed E-state index contributed by atoms with van der Waals surface area (Å²) < 4.78 is 52.5. The van der Waals surface area contributed by atoms with Gasteiger partial charge in [0.25, 0.3) is 0 Å². The molecular formula is C15H15F3O2S. The van der Waals surface area contributed by atoms with Crippen molar-refractivity contribution in [1.82, 2.24) is 0 Å². The molecule has 2 atom stereocenters. The summed E-state index contributed by atoms with van der Waals surface area (Å²) >= 11 is 0. The highest BCUT2D eigenvalue weighted by atomic mass is 32.2. The highest BCUT2D eigenvalue weighted by Crippen LogP contribution is 2.38. The largest absolute Gasteiger partial charge is 0.294 e. The number of benzene rings is 1. The molecule has 0 saturated carbocycles. The normalized spacial score (nSPS) is 32.0. The number of carbonyl (C=O) groups is 1. The summed E-state index contributed by atoms with van der Waals surface area (Å²) in [6, 6.07) is 1.05. The number of carbonyl (C=O) groups excluding carboxylic acids is 1. The van der Waals surface area contributed by atoms with Gasteiger partial charge in [-0.25, -0.2) is 13.2 Å². The van der Waals surface area contributed by atoms with E-state index in [1.165, 1.54) is 0 Å². The maximum absolute atomic E-state index is 13.7. The average Bonchev–Trinajstić information content (AvgIpc) is 2.36. The minimum Gasteiger partial charge on any atom is -0.294 e. The summed E-state index contributed by atoms with van der Waals surface area (Å²) in [7, 11) is -0.944. The zero-order valence-electron chi connectivity index (χ0n) is 11.3. The molecule has 6 heteroatoms. The van der Waals surface area contributed by atoms with E-state index in [-0.39, 0.29) is 10.5 Å². The summed E-state index contributed by atoms with van der Waals surface area (Å²) in [6.07, 6.45) is 3.38. The molecule has 0 amide bonds. The lowest BCUT2D eigenvalue weighted by Crippen LogP contribution is -2.41. The van der Waals surface area contributed by atoms with E-state index in [0.29, 0.717) is 25.0 Å². The van der Waals surface area contributed by atoms with E-state index in [4.69, 9.17) is 0 Å². The van der Waals surface area contributed by atoms with Crippen LogP contribution in [-0.2, 0) is 10.8 Å². The first kappa shape index (κ1) is 14.8. The van der Waals surface area contributed by atoms with Crippen LogP contribution in [0.3, 0.4) is 0 Å². The van der Waals surface area contributed by atoms with Crippen LogP contribution in [0.15, 0.2) is 12.1 Å². The van der Waals surface area contributed by atoms with Crippen molar-refractivity contribution in [3.05, 3.63) is 35.1 Å². The van der Waals surface area contributed by atoms with Crippen LogP contribution in [-0.4, -0.2) is 20.5 Å². The molecule has 2 aliphatic heterocycles. The van der Waals surface area contributed by atoms with Gasteiger partial charge in [0, 0.05) is 39.4 Å². The fourth-order valence-electron chi connectivity index (χ4n) is 3.43. The molecule has 2 heterocycles. The average molecular weight is 316 g/mol. The molecule has 0 spiro atoms. The van der Waals surface area contributed by atoms with Crippen LogP contribution in [0.5, 0.6) is 0 Å². The van der Waals surface area contributed by atoms with Crippen LogP contribution in [0, 0.1) is 23.4 Å². The second kappa shape index (κ2) is 5.55.